The molecule has 4 heteroatoms. The normalized spacial score (nSPS) is 10.5. The number of amides is 1. The summed E-state index contributed by atoms with van der Waals surface area (Å²) in [4.78, 5) is 16.2. The number of rotatable bonds is 4. The Morgan fingerprint density at radius 3 is 2.74 bits per heavy atom. The van der Waals surface area contributed by atoms with Gasteiger partial charge in [-0.3, -0.25) is 4.79 Å². The Kier molecular flexibility index (Phi) is 5.53. The van der Waals surface area contributed by atoms with Gasteiger partial charge in [0.25, 0.3) is 5.91 Å². The van der Waals surface area contributed by atoms with Crippen LogP contribution in [0.2, 0.25) is 0 Å². The van der Waals surface area contributed by atoms with Crippen LogP contribution in [0, 0.1) is 11.8 Å². The fourth-order valence-electron chi connectivity index (χ4n) is 1.81. The summed E-state index contributed by atoms with van der Waals surface area (Å²) in [5.74, 6) is 5.46. The van der Waals surface area contributed by atoms with Gasteiger partial charge in [0.05, 0.1) is 6.54 Å². The Morgan fingerprint density at radius 2 is 2.21 bits per heavy atom. The molecule has 1 rings (SSSR count). The van der Waals surface area contributed by atoms with Crippen LogP contribution in [0.3, 0.4) is 0 Å². The lowest BCUT2D eigenvalue weighted by atomic mass is 9.99. The highest BCUT2D eigenvalue weighted by atomic mass is 16.2. The smallest absolute Gasteiger partial charge is 0.270 e. The predicted molar refractivity (Wildman–Crippen MR) is 76.6 cm³/mol. The van der Waals surface area contributed by atoms with Crippen LogP contribution < -0.4 is 11.1 Å². The third-order valence-corrected chi connectivity index (χ3v) is 2.66. The molecule has 1 aromatic rings. The number of carbonyl (C=O) groups excluding carboxylic acids is 1. The Bertz CT molecular complexity index is 480. The molecule has 4 nitrogen and oxygen atoms in total. The van der Waals surface area contributed by atoms with E-state index in [9.17, 15) is 4.79 Å². The van der Waals surface area contributed by atoms with Crippen molar-refractivity contribution in [3.05, 3.63) is 29.6 Å². The molecule has 19 heavy (non-hydrogen) atoms. The average molecular weight is 259 g/mol. The van der Waals surface area contributed by atoms with Crippen molar-refractivity contribution < 1.29 is 4.79 Å². The molecular formula is C15H21N3O. The second-order valence-corrected chi connectivity index (χ2v) is 5.03. The van der Waals surface area contributed by atoms with Gasteiger partial charge in [-0.15, -0.1) is 0 Å². The number of carbonyl (C=O) groups is 1. The molecule has 0 aliphatic rings. The average Bonchev–Trinajstić information content (AvgIpc) is 2.36. The summed E-state index contributed by atoms with van der Waals surface area (Å²) in [6, 6.07) is 3.45. The van der Waals surface area contributed by atoms with Gasteiger partial charge >= 0.3 is 0 Å². The monoisotopic (exact) mass is 259 g/mol. The van der Waals surface area contributed by atoms with E-state index in [0.29, 0.717) is 12.2 Å². The Labute approximate surface area is 114 Å². The topological polar surface area (TPSA) is 68.0 Å². The minimum absolute atomic E-state index is 0.156. The number of hydrogen-bond donors (Lipinski definition) is 2. The molecule has 1 heterocycles. The summed E-state index contributed by atoms with van der Waals surface area (Å²) < 4.78 is 0. The molecular weight excluding hydrogens is 238 g/mol. The van der Waals surface area contributed by atoms with Gasteiger partial charge < -0.3 is 11.1 Å². The minimum Gasteiger partial charge on any atom is -0.346 e. The summed E-state index contributed by atoms with van der Waals surface area (Å²) in [5.41, 5.74) is 6.24. The van der Waals surface area contributed by atoms with Gasteiger partial charge in [-0.25, -0.2) is 4.98 Å². The minimum atomic E-state index is -0.217. The Morgan fingerprint density at radius 1 is 1.47 bits per heavy atom. The van der Waals surface area contributed by atoms with Gasteiger partial charge in [0.1, 0.15) is 5.69 Å². The lowest BCUT2D eigenvalue weighted by Gasteiger charge is -2.25. The Hall–Kier alpha value is -1.86. The van der Waals surface area contributed by atoms with Crippen molar-refractivity contribution >= 4 is 5.91 Å². The zero-order valence-electron chi connectivity index (χ0n) is 11.8. The van der Waals surface area contributed by atoms with Crippen molar-refractivity contribution in [1.82, 2.24) is 10.3 Å². The van der Waals surface area contributed by atoms with Crippen molar-refractivity contribution in [2.24, 2.45) is 5.73 Å². The molecule has 0 atom stereocenters. The maximum Gasteiger partial charge on any atom is 0.270 e. The molecule has 102 valence electrons. The summed E-state index contributed by atoms with van der Waals surface area (Å²) in [6.07, 6.45) is 3.54. The van der Waals surface area contributed by atoms with E-state index in [1.54, 1.807) is 18.3 Å². The number of nitrogens with two attached hydrogens (primary N) is 1. The predicted octanol–water partition coefficient (Wildman–Crippen LogP) is 1.70. The fourth-order valence-corrected chi connectivity index (χ4v) is 1.81. The third kappa shape index (κ3) is 5.11. The van der Waals surface area contributed by atoms with E-state index < -0.39 is 0 Å². The first-order valence-corrected chi connectivity index (χ1v) is 6.46. The molecule has 0 unspecified atom stereocenters. The molecule has 0 spiro atoms. The van der Waals surface area contributed by atoms with Gasteiger partial charge in [-0.2, -0.15) is 0 Å². The maximum atomic E-state index is 12.0. The van der Waals surface area contributed by atoms with E-state index in [2.05, 4.69) is 29.1 Å². The number of nitrogens with one attached hydrogen (secondary N) is 1. The molecule has 0 bridgehead atoms. The molecule has 0 saturated heterocycles. The fraction of sp³-hybridized carbons (Fsp3) is 0.467. The third-order valence-electron chi connectivity index (χ3n) is 2.66. The molecule has 0 saturated carbocycles. The molecule has 3 N–H and O–H groups in total. The first-order valence-electron chi connectivity index (χ1n) is 6.46. The van der Waals surface area contributed by atoms with Crippen LogP contribution in [0.15, 0.2) is 18.3 Å². The highest BCUT2D eigenvalue weighted by Gasteiger charge is 2.20. The van der Waals surface area contributed by atoms with Crippen molar-refractivity contribution in [3.63, 3.8) is 0 Å². The highest BCUT2D eigenvalue weighted by Crippen LogP contribution is 2.11. The van der Waals surface area contributed by atoms with Gasteiger partial charge in [-0.1, -0.05) is 25.2 Å². The van der Waals surface area contributed by atoms with Crippen LogP contribution >= 0.6 is 0 Å². The van der Waals surface area contributed by atoms with Gasteiger partial charge in [-0.05, 0) is 32.4 Å². The van der Waals surface area contributed by atoms with E-state index in [1.165, 1.54) is 0 Å². The number of hydrogen-bond acceptors (Lipinski definition) is 3. The van der Waals surface area contributed by atoms with Crippen LogP contribution in [0.5, 0.6) is 0 Å². The van der Waals surface area contributed by atoms with Crippen LogP contribution in [-0.2, 0) is 0 Å². The largest absolute Gasteiger partial charge is 0.346 e. The van der Waals surface area contributed by atoms with E-state index >= 15 is 0 Å². The van der Waals surface area contributed by atoms with E-state index in [4.69, 9.17) is 5.73 Å². The van der Waals surface area contributed by atoms with Crippen LogP contribution in [-0.4, -0.2) is 23.0 Å². The highest BCUT2D eigenvalue weighted by molar-refractivity contribution is 5.92. The van der Waals surface area contributed by atoms with Crippen molar-refractivity contribution in [2.45, 2.75) is 39.2 Å². The van der Waals surface area contributed by atoms with Crippen LogP contribution in [0.25, 0.3) is 0 Å². The van der Waals surface area contributed by atoms with E-state index in [-0.39, 0.29) is 11.4 Å². The second kappa shape index (κ2) is 6.91. The lowest BCUT2D eigenvalue weighted by Crippen LogP contribution is -2.43. The maximum absolute atomic E-state index is 12.0. The summed E-state index contributed by atoms with van der Waals surface area (Å²) in [7, 11) is 0. The molecule has 1 aromatic heterocycles. The SMILES string of the molecule is CCCC(C)(C)NC(=O)c1ccc(C#CCN)cn1. The van der Waals surface area contributed by atoms with Gasteiger partial charge in [0, 0.05) is 17.3 Å². The first kappa shape index (κ1) is 15.2. The second-order valence-electron chi connectivity index (χ2n) is 5.03. The molecule has 0 aromatic carbocycles. The standard InChI is InChI=1S/C15H21N3O/c1-4-9-15(2,3)18-14(19)13-8-7-12(11-17-13)6-5-10-16/h7-8,11H,4,9-10,16H2,1-3H3,(H,18,19). The molecule has 0 fully saturated rings. The first-order chi connectivity index (χ1) is 8.98. The zero-order chi connectivity index (χ0) is 14.3. The molecule has 0 aliphatic carbocycles. The van der Waals surface area contributed by atoms with Crippen LogP contribution in [0.1, 0.15) is 49.7 Å². The quantitative estimate of drug-likeness (QED) is 0.809. The summed E-state index contributed by atoms with van der Waals surface area (Å²) in [5, 5.41) is 2.98. The van der Waals surface area contributed by atoms with E-state index in [1.807, 2.05) is 13.8 Å². The van der Waals surface area contributed by atoms with Gasteiger partial charge in [0.15, 0.2) is 0 Å². The lowest BCUT2D eigenvalue weighted by molar-refractivity contribution is 0.0904. The number of nitrogens with zero attached hydrogens (tertiary/aromatic N) is 1. The molecule has 0 radical (unpaired) electrons. The van der Waals surface area contributed by atoms with Crippen molar-refractivity contribution in [2.75, 3.05) is 6.54 Å². The number of aromatic nitrogens is 1. The molecule has 1 amide bonds. The van der Waals surface area contributed by atoms with Crippen molar-refractivity contribution in [3.8, 4) is 11.8 Å². The summed E-state index contributed by atoms with van der Waals surface area (Å²) >= 11 is 0. The van der Waals surface area contributed by atoms with Gasteiger partial charge in [0.2, 0.25) is 0 Å². The van der Waals surface area contributed by atoms with Crippen LogP contribution in [0.4, 0.5) is 0 Å². The summed E-state index contributed by atoms with van der Waals surface area (Å²) in [6.45, 7) is 6.43. The molecule has 0 aliphatic heterocycles. The Balaban J connectivity index is 2.73. The van der Waals surface area contributed by atoms with Crippen molar-refractivity contribution in [1.29, 1.82) is 0 Å². The van der Waals surface area contributed by atoms with E-state index in [0.717, 1.165) is 18.4 Å². The number of pyridine rings is 1. The zero-order valence-corrected chi connectivity index (χ0v) is 11.8.